The van der Waals surface area contributed by atoms with Crippen LogP contribution >= 0.6 is 0 Å². The van der Waals surface area contributed by atoms with E-state index in [1.54, 1.807) is 10.7 Å². The number of fused-ring (bicyclic) bond motifs is 1. The van der Waals surface area contributed by atoms with Gasteiger partial charge in [0.2, 0.25) is 0 Å². The molecule has 0 radical (unpaired) electrons. The van der Waals surface area contributed by atoms with Gasteiger partial charge in [-0.15, -0.1) is 0 Å². The fraction of sp³-hybridized carbons (Fsp3) is 0.308. The van der Waals surface area contributed by atoms with Gasteiger partial charge in [-0.1, -0.05) is 12.2 Å². The van der Waals surface area contributed by atoms with Crippen molar-refractivity contribution in [3.63, 3.8) is 0 Å². The zero-order chi connectivity index (χ0) is 13.3. The number of nitrogens with one attached hydrogen (secondary N) is 1. The minimum Gasteiger partial charge on any atom is -0.348 e. The van der Waals surface area contributed by atoms with Crippen LogP contribution in [0.2, 0.25) is 0 Å². The summed E-state index contributed by atoms with van der Waals surface area (Å²) in [6, 6.07) is 1.88. The van der Waals surface area contributed by atoms with E-state index in [4.69, 9.17) is 0 Å². The molecule has 1 amide bonds. The number of carbonyl (C=O) groups is 1. The van der Waals surface area contributed by atoms with Gasteiger partial charge in [0, 0.05) is 18.8 Å². The summed E-state index contributed by atoms with van der Waals surface area (Å²) in [4.78, 5) is 16.2. The molecule has 0 aliphatic rings. The van der Waals surface area contributed by atoms with Crippen LogP contribution in [0.5, 0.6) is 0 Å². The van der Waals surface area contributed by atoms with Crippen molar-refractivity contribution in [2.45, 2.75) is 20.8 Å². The van der Waals surface area contributed by atoms with Crippen molar-refractivity contribution in [3.8, 4) is 0 Å². The van der Waals surface area contributed by atoms with Crippen LogP contribution in [0.4, 0.5) is 0 Å². The molecule has 0 spiro atoms. The molecule has 0 atom stereocenters. The molecule has 5 nitrogen and oxygen atoms in total. The Balaban J connectivity index is 2.36. The summed E-state index contributed by atoms with van der Waals surface area (Å²) in [6.07, 6.45) is 1.58. The number of aryl methyl sites for hydroxylation is 2. The lowest BCUT2D eigenvalue weighted by molar-refractivity contribution is 0.0955. The van der Waals surface area contributed by atoms with E-state index in [0.717, 1.165) is 22.6 Å². The lowest BCUT2D eigenvalue weighted by atomic mass is 10.2. The first-order valence-corrected chi connectivity index (χ1v) is 5.73. The van der Waals surface area contributed by atoms with Gasteiger partial charge >= 0.3 is 0 Å². The van der Waals surface area contributed by atoms with Crippen LogP contribution in [-0.2, 0) is 0 Å². The number of nitrogens with zero attached hydrogens (tertiary/aromatic N) is 3. The number of rotatable bonds is 3. The number of hydrogen-bond acceptors (Lipinski definition) is 3. The van der Waals surface area contributed by atoms with Crippen LogP contribution in [0.15, 0.2) is 24.4 Å². The van der Waals surface area contributed by atoms with E-state index in [1.165, 1.54) is 0 Å². The van der Waals surface area contributed by atoms with Crippen LogP contribution in [0, 0.1) is 13.8 Å². The second-order valence-electron chi connectivity index (χ2n) is 4.45. The average Bonchev–Trinajstić information content (AvgIpc) is 2.68. The van der Waals surface area contributed by atoms with Crippen LogP contribution in [0.25, 0.3) is 5.65 Å². The molecule has 0 bridgehead atoms. The molecule has 0 aromatic carbocycles. The highest BCUT2D eigenvalue weighted by atomic mass is 16.1. The standard InChI is InChI=1S/C13H16N4O/c1-8(2)6-15-13(18)11-7-14-12-5-9(3)16-17(12)10(11)4/h5,7H,1,6H2,2-4H3,(H,15,18). The second-order valence-corrected chi connectivity index (χ2v) is 4.45. The predicted molar refractivity (Wildman–Crippen MR) is 69.6 cm³/mol. The van der Waals surface area contributed by atoms with Gasteiger partial charge in [-0.3, -0.25) is 4.79 Å². The quantitative estimate of drug-likeness (QED) is 0.835. The third-order valence-corrected chi connectivity index (χ3v) is 2.64. The van der Waals surface area contributed by atoms with Crippen molar-refractivity contribution in [1.82, 2.24) is 19.9 Å². The fourth-order valence-corrected chi connectivity index (χ4v) is 1.71. The molecule has 0 fully saturated rings. The molecule has 0 aliphatic heterocycles. The van der Waals surface area contributed by atoms with Gasteiger partial charge in [-0.2, -0.15) is 5.10 Å². The highest BCUT2D eigenvalue weighted by molar-refractivity contribution is 5.95. The molecule has 94 valence electrons. The van der Waals surface area contributed by atoms with E-state index in [0.29, 0.717) is 12.1 Å². The molecular formula is C13H16N4O. The first kappa shape index (κ1) is 12.3. The van der Waals surface area contributed by atoms with Crippen molar-refractivity contribution in [3.05, 3.63) is 41.4 Å². The first-order valence-electron chi connectivity index (χ1n) is 5.73. The molecule has 2 aromatic rings. The summed E-state index contributed by atoms with van der Waals surface area (Å²) in [5.41, 5.74) is 3.86. The third kappa shape index (κ3) is 2.25. The summed E-state index contributed by atoms with van der Waals surface area (Å²) in [7, 11) is 0. The topological polar surface area (TPSA) is 59.3 Å². The van der Waals surface area contributed by atoms with E-state index in [2.05, 4.69) is 22.0 Å². The van der Waals surface area contributed by atoms with Crippen LogP contribution in [0.1, 0.15) is 28.7 Å². The molecule has 18 heavy (non-hydrogen) atoms. The van der Waals surface area contributed by atoms with E-state index in [9.17, 15) is 4.79 Å². The van der Waals surface area contributed by atoms with E-state index < -0.39 is 0 Å². The zero-order valence-corrected chi connectivity index (χ0v) is 10.8. The summed E-state index contributed by atoms with van der Waals surface area (Å²) >= 11 is 0. The largest absolute Gasteiger partial charge is 0.348 e. The van der Waals surface area contributed by atoms with Gasteiger partial charge < -0.3 is 5.32 Å². The number of hydrogen-bond donors (Lipinski definition) is 1. The maximum absolute atomic E-state index is 12.0. The molecule has 2 rings (SSSR count). The summed E-state index contributed by atoms with van der Waals surface area (Å²) in [5, 5.41) is 7.10. The van der Waals surface area contributed by atoms with Crippen molar-refractivity contribution < 1.29 is 4.79 Å². The molecule has 5 heteroatoms. The smallest absolute Gasteiger partial charge is 0.254 e. The molecular weight excluding hydrogens is 228 g/mol. The van der Waals surface area contributed by atoms with Gasteiger partial charge in [-0.25, -0.2) is 9.50 Å². The van der Waals surface area contributed by atoms with Crippen molar-refractivity contribution in [2.24, 2.45) is 0 Å². The number of amides is 1. The van der Waals surface area contributed by atoms with Crippen molar-refractivity contribution in [2.75, 3.05) is 6.54 Å². The van der Waals surface area contributed by atoms with E-state index in [-0.39, 0.29) is 5.91 Å². The summed E-state index contributed by atoms with van der Waals surface area (Å²) < 4.78 is 1.69. The molecule has 0 saturated carbocycles. The maximum Gasteiger partial charge on any atom is 0.254 e. The van der Waals surface area contributed by atoms with Crippen LogP contribution in [-0.4, -0.2) is 27.0 Å². The van der Waals surface area contributed by atoms with E-state index in [1.807, 2.05) is 26.8 Å². The van der Waals surface area contributed by atoms with Crippen molar-refractivity contribution in [1.29, 1.82) is 0 Å². The lowest BCUT2D eigenvalue weighted by Crippen LogP contribution is -2.26. The molecule has 2 heterocycles. The van der Waals surface area contributed by atoms with Gasteiger partial charge in [0.05, 0.1) is 17.0 Å². The molecule has 0 saturated heterocycles. The SMILES string of the molecule is C=C(C)CNC(=O)c1cnc2cc(C)nn2c1C. The normalized spacial score (nSPS) is 10.6. The van der Waals surface area contributed by atoms with Gasteiger partial charge in [0.15, 0.2) is 5.65 Å². The third-order valence-electron chi connectivity index (χ3n) is 2.64. The zero-order valence-electron chi connectivity index (χ0n) is 10.8. The molecule has 1 N–H and O–H groups in total. The Bertz CT molecular complexity index is 627. The van der Waals surface area contributed by atoms with Gasteiger partial charge in [0.25, 0.3) is 5.91 Å². The maximum atomic E-state index is 12.0. The molecule has 0 aliphatic carbocycles. The Hall–Kier alpha value is -2.17. The number of carbonyl (C=O) groups excluding carboxylic acids is 1. The average molecular weight is 244 g/mol. The monoisotopic (exact) mass is 244 g/mol. The van der Waals surface area contributed by atoms with E-state index >= 15 is 0 Å². The number of aromatic nitrogens is 3. The highest BCUT2D eigenvalue weighted by Crippen LogP contribution is 2.10. The summed E-state index contributed by atoms with van der Waals surface area (Å²) in [5.74, 6) is -0.155. The second kappa shape index (κ2) is 4.60. The minimum absolute atomic E-state index is 0.155. The highest BCUT2D eigenvalue weighted by Gasteiger charge is 2.13. The summed E-state index contributed by atoms with van der Waals surface area (Å²) in [6.45, 7) is 9.84. The van der Waals surface area contributed by atoms with Gasteiger partial charge in [0.1, 0.15) is 0 Å². The predicted octanol–water partition coefficient (Wildman–Crippen LogP) is 1.65. The molecule has 2 aromatic heterocycles. The van der Waals surface area contributed by atoms with Crippen LogP contribution < -0.4 is 5.32 Å². The Morgan fingerprint density at radius 1 is 1.50 bits per heavy atom. The Labute approximate surface area is 106 Å². The Kier molecular flexibility index (Phi) is 3.14. The van der Waals surface area contributed by atoms with Crippen LogP contribution in [0.3, 0.4) is 0 Å². The Morgan fingerprint density at radius 2 is 2.22 bits per heavy atom. The lowest BCUT2D eigenvalue weighted by Gasteiger charge is -2.08. The minimum atomic E-state index is -0.155. The van der Waals surface area contributed by atoms with Crippen molar-refractivity contribution >= 4 is 11.6 Å². The van der Waals surface area contributed by atoms with Gasteiger partial charge in [-0.05, 0) is 20.8 Å². The first-order chi connectivity index (χ1) is 8.49. The Morgan fingerprint density at radius 3 is 2.89 bits per heavy atom. The fourth-order valence-electron chi connectivity index (χ4n) is 1.71. The molecule has 0 unspecified atom stereocenters.